The van der Waals surface area contributed by atoms with Gasteiger partial charge in [0.05, 0.1) is 17.4 Å². The van der Waals surface area contributed by atoms with Crippen LogP contribution in [0.1, 0.15) is 0 Å². The number of aryl methyl sites for hydroxylation is 1. The van der Waals surface area contributed by atoms with E-state index in [-0.39, 0.29) is 5.52 Å². The first-order chi connectivity index (χ1) is 15.8. The predicted octanol–water partition coefficient (Wildman–Crippen LogP) is 2.97. The van der Waals surface area contributed by atoms with Gasteiger partial charge in [0, 0.05) is 30.4 Å². The lowest BCUT2D eigenvalue weighted by Crippen LogP contribution is -2.15. The van der Waals surface area contributed by atoms with Gasteiger partial charge >= 0.3 is 0 Å². The van der Waals surface area contributed by atoms with E-state index >= 15 is 8.78 Å². The van der Waals surface area contributed by atoms with Gasteiger partial charge in [0.2, 0.25) is 5.03 Å². The Bertz CT molecular complexity index is 1610. The van der Waals surface area contributed by atoms with E-state index in [1.807, 2.05) is 4.72 Å². The van der Waals surface area contributed by atoms with Crippen LogP contribution in [0.3, 0.4) is 0 Å². The molecular weight excluding hydrogens is 461 g/mol. The van der Waals surface area contributed by atoms with Crippen LogP contribution in [0.2, 0.25) is 0 Å². The number of sulfonamides is 1. The van der Waals surface area contributed by atoms with Gasteiger partial charge in [-0.05, 0) is 18.2 Å². The molecule has 5 aromatic rings. The van der Waals surface area contributed by atoms with Gasteiger partial charge in [0.15, 0.2) is 17.5 Å². The number of nitrogens with one attached hydrogen (secondary N) is 3. The maximum Gasteiger partial charge on any atom is 0.282 e. The molecule has 0 saturated heterocycles. The number of nitrogens with zero attached hydrogens (tertiary/aromatic N) is 5. The molecule has 0 unspecified atom stereocenters. The highest BCUT2D eigenvalue weighted by atomic mass is 32.2. The largest absolute Gasteiger partial charge is 0.343 e. The number of H-pyrrole nitrogens is 2. The van der Waals surface area contributed by atoms with Crippen LogP contribution in [0.25, 0.3) is 33.5 Å². The van der Waals surface area contributed by atoms with Gasteiger partial charge in [-0.15, -0.1) is 5.10 Å². The molecule has 0 aliphatic heterocycles. The van der Waals surface area contributed by atoms with Crippen LogP contribution in [0.5, 0.6) is 0 Å². The number of halogens is 3. The summed E-state index contributed by atoms with van der Waals surface area (Å²) in [5, 5.41) is 13.4. The Morgan fingerprint density at radius 3 is 2.61 bits per heavy atom. The fourth-order valence-electron chi connectivity index (χ4n) is 3.35. The van der Waals surface area contributed by atoms with Crippen LogP contribution < -0.4 is 4.72 Å². The number of aromatic amines is 2. The van der Waals surface area contributed by atoms with E-state index in [0.717, 1.165) is 23.0 Å². The number of anilines is 1. The van der Waals surface area contributed by atoms with Gasteiger partial charge < -0.3 is 4.98 Å². The summed E-state index contributed by atoms with van der Waals surface area (Å²) in [5.74, 6) is -2.98. The van der Waals surface area contributed by atoms with Crippen molar-refractivity contribution in [3.8, 4) is 22.6 Å². The molecule has 0 spiro atoms. The Labute approximate surface area is 183 Å². The monoisotopic (exact) mass is 474 g/mol. The molecule has 0 bridgehead atoms. The minimum atomic E-state index is -4.32. The Balaban J connectivity index is 1.61. The number of aromatic nitrogens is 7. The minimum absolute atomic E-state index is 0.164. The van der Waals surface area contributed by atoms with Crippen molar-refractivity contribution in [2.75, 3.05) is 4.72 Å². The third-order valence-corrected chi connectivity index (χ3v) is 6.09. The van der Waals surface area contributed by atoms with Gasteiger partial charge in [0.25, 0.3) is 10.0 Å². The quantitative estimate of drug-likeness (QED) is 0.359. The lowest BCUT2D eigenvalue weighted by atomic mass is 10.0. The minimum Gasteiger partial charge on any atom is -0.343 e. The average molecular weight is 474 g/mol. The molecule has 3 heterocycles. The van der Waals surface area contributed by atoms with E-state index in [1.165, 1.54) is 25.4 Å². The lowest BCUT2D eigenvalue weighted by molar-refractivity contribution is 0.582. The van der Waals surface area contributed by atoms with Crippen LogP contribution in [0, 0.1) is 17.5 Å². The van der Waals surface area contributed by atoms with Crippen molar-refractivity contribution < 1.29 is 21.6 Å². The molecule has 0 aliphatic rings. The first-order valence-electron chi connectivity index (χ1n) is 9.30. The summed E-state index contributed by atoms with van der Waals surface area (Å²) in [6, 6.07) is 4.34. The number of benzene rings is 2. The summed E-state index contributed by atoms with van der Waals surface area (Å²) in [6.07, 6.45) is 4.18. The molecule has 10 nitrogen and oxygen atoms in total. The number of hydrogen-bond donors (Lipinski definition) is 3. The van der Waals surface area contributed by atoms with Gasteiger partial charge in [-0.1, -0.05) is 11.3 Å². The summed E-state index contributed by atoms with van der Waals surface area (Å²) in [6.45, 7) is 0. The highest BCUT2D eigenvalue weighted by Gasteiger charge is 2.25. The van der Waals surface area contributed by atoms with E-state index in [9.17, 15) is 12.8 Å². The highest BCUT2D eigenvalue weighted by Crippen LogP contribution is 2.36. The van der Waals surface area contributed by atoms with E-state index in [2.05, 4.69) is 30.5 Å². The number of imidazole rings is 1. The van der Waals surface area contributed by atoms with Crippen molar-refractivity contribution in [2.45, 2.75) is 5.03 Å². The molecule has 3 aromatic heterocycles. The molecule has 5 rings (SSSR count). The van der Waals surface area contributed by atoms with Crippen molar-refractivity contribution in [2.24, 2.45) is 7.05 Å². The molecular formula is C19H13F3N8O2S. The second-order valence-electron chi connectivity index (χ2n) is 6.98. The Morgan fingerprint density at radius 2 is 1.91 bits per heavy atom. The standard InChI is InChI=1S/C19H13F3N8O2S/c1-30-8-13(25-29-30)33(31,32)28-12-5-4-11(20)14(16(12)22)9-2-3-10-17(15(9)21)26-27-18(10)19-23-6-7-24-19/h2-8,28H,1H3,(H,23,24)(H,26,27). The molecule has 14 heteroatoms. The number of rotatable bonds is 5. The highest BCUT2D eigenvalue weighted by molar-refractivity contribution is 7.92. The van der Waals surface area contributed by atoms with Crippen molar-refractivity contribution in [3.05, 3.63) is 60.3 Å². The molecule has 0 atom stereocenters. The van der Waals surface area contributed by atoms with Crippen LogP contribution in [0.15, 0.2) is 47.9 Å². The summed E-state index contributed by atoms with van der Waals surface area (Å²) in [5.41, 5.74) is -1.54. The molecule has 2 aromatic carbocycles. The average Bonchev–Trinajstić information content (AvgIpc) is 3.52. The van der Waals surface area contributed by atoms with Crippen molar-refractivity contribution >= 4 is 26.6 Å². The zero-order valence-electron chi connectivity index (χ0n) is 16.6. The van der Waals surface area contributed by atoms with Gasteiger partial charge in [0.1, 0.15) is 17.0 Å². The molecule has 168 valence electrons. The Kier molecular flexibility index (Phi) is 4.67. The third-order valence-electron chi connectivity index (χ3n) is 4.86. The third kappa shape index (κ3) is 3.40. The van der Waals surface area contributed by atoms with Crippen molar-refractivity contribution in [1.82, 2.24) is 35.2 Å². The second kappa shape index (κ2) is 7.44. The number of hydrogen-bond acceptors (Lipinski definition) is 6. The SMILES string of the molecule is Cn1cc(S(=O)(=O)Nc2ccc(F)c(-c3ccc4c(-c5ncc[nH]5)[nH]nc4c3F)c2F)nn1. The van der Waals surface area contributed by atoms with Gasteiger partial charge in [-0.25, -0.2) is 18.2 Å². The molecule has 0 saturated carbocycles. The van der Waals surface area contributed by atoms with Crippen molar-refractivity contribution in [3.63, 3.8) is 0 Å². The zero-order valence-corrected chi connectivity index (χ0v) is 17.5. The van der Waals surface area contributed by atoms with E-state index < -0.39 is 49.3 Å². The normalized spacial score (nSPS) is 11.9. The van der Waals surface area contributed by atoms with E-state index in [4.69, 9.17) is 0 Å². The summed E-state index contributed by atoms with van der Waals surface area (Å²) in [7, 11) is -2.87. The molecule has 0 amide bonds. The maximum absolute atomic E-state index is 15.3. The summed E-state index contributed by atoms with van der Waals surface area (Å²) in [4.78, 5) is 6.93. The van der Waals surface area contributed by atoms with Gasteiger partial charge in [-0.2, -0.15) is 13.5 Å². The molecule has 0 aliphatic carbocycles. The lowest BCUT2D eigenvalue weighted by Gasteiger charge is -2.12. The van der Waals surface area contributed by atoms with Gasteiger partial charge in [-0.3, -0.25) is 14.5 Å². The maximum atomic E-state index is 15.3. The Hall–Kier alpha value is -4.20. The predicted molar refractivity (Wildman–Crippen MR) is 111 cm³/mol. The van der Waals surface area contributed by atoms with Crippen LogP contribution in [0.4, 0.5) is 18.9 Å². The fraction of sp³-hybridized carbons (Fsp3) is 0.0526. The van der Waals surface area contributed by atoms with E-state index in [0.29, 0.717) is 16.9 Å². The Morgan fingerprint density at radius 1 is 1.09 bits per heavy atom. The molecule has 3 N–H and O–H groups in total. The first kappa shape index (κ1) is 20.7. The smallest absolute Gasteiger partial charge is 0.282 e. The van der Waals surface area contributed by atoms with Crippen LogP contribution in [-0.2, 0) is 17.1 Å². The molecule has 0 radical (unpaired) electrons. The second-order valence-corrected chi connectivity index (χ2v) is 8.61. The number of fused-ring (bicyclic) bond motifs is 1. The molecule has 33 heavy (non-hydrogen) atoms. The van der Waals surface area contributed by atoms with Crippen LogP contribution in [-0.4, -0.2) is 43.6 Å². The summed E-state index contributed by atoms with van der Waals surface area (Å²) >= 11 is 0. The summed E-state index contributed by atoms with van der Waals surface area (Å²) < 4.78 is 73.3. The zero-order chi connectivity index (χ0) is 23.3. The fourth-order valence-corrected chi connectivity index (χ4v) is 4.33. The van der Waals surface area contributed by atoms with Crippen molar-refractivity contribution in [1.29, 1.82) is 0 Å². The molecule has 0 fully saturated rings. The first-order valence-corrected chi connectivity index (χ1v) is 10.8. The van der Waals surface area contributed by atoms with Crippen LogP contribution >= 0.6 is 0 Å². The topological polar surface area (TPSA) is 134 Å². The van der Waals surface area contributed by atoms with E-state index in [1.54, 1.807) is 6.20 Å².